The Bertz CT molecular complexity index is 723. The van der Waals surface area contributed by atoms with Crippen molar-refractivity contribution in [2.75, 3.05) is 18.5 Å². The lowest BCUT2D eigenvalue weighted by Crippen LogP contribution is -2.07. The van der Waals surface area contributed by atoms with E-state index in [1.807, 2.05) is 63.2 Å². The third kappa shape index (κ3) is 5.16. The zero-order valence-electron chi connectivity index (χ0n) is 14.3. The fourth-order valence-corrected chi connectivity index (χ4v) is 2.25. The predicted molar refractivity (Wildman–Crippen MR) is 97.6 cm³/mol. The van der Waals surface area contributed by atoms with Gasteiger partial charge in [-0.2, -0.15) is 0 Å². The van der Waals surface area contributed by atoms with Gasteiger partial charge in [-0.15, -0.1) is 0 Å². The molecule has 0 radical (unpaired) electrons. The monoisotopic (exact) mass is 325 g/mol. The molecule has 0 aliphatic rings. The second kappa shape index (κ2) is 8.77. The Balaban J connectivity index is 2.07. The summed E-state index contributed by atoms with van der Waals surface area (Å²) in [5.41, 5.74) is 2.76. The molecule has 0 aliphatic heterocycles. The van der Waals surface area contributed by atoms with Gasteiger partial charge in [0.05, 0.1) is 13.2 Å². The molecule has 0 aromatic heterocycles. The van der Waals surface area contributed by atoms with Gasteiger partial charge in [0.25, 0.3) is 0 Å². The number of carbonyl (C=O) groups excluding carboxylic acids is 1. The molecule has 0 bridgehead atoms. The number of hydrogen-bond donors (Lipinski definition) is 1. The van der Waals surface area contributed by atoms with Gasteiger partial charge in [-0.3, -0.25) is 4.79 Å². The summed E-state index contributed by atoms with van der Waals surface area (Å²) >= 11 is 0. The molecule has 0 saturated carbocycles. The quantitative estimate of drug-likeness (QED) is 0.765. The van der Waals surface area contributed by atoms with Gasteiger partial charge in [-0.1, -0.05) is 18.2 Å². The van der Waals surface area contributed by atoms with Crippen molar-refractivity contribution >= 4 is 17.7 Å². The molecule has 0 heterocycles. The van der Waals surface area contributed by atoms with Crippen LogP contribution in [0, 0.1) is 6.92 Å². The average Bonchev–Trinajstić information content (AvgIpc) is 2.55. The molecule has 4 heteroatoms. The molecular weight excluding hydrogens is 302 g/mol. The molecule has 0 unspecified atom stereocenters. The summed E-state index contributed by atoms with van der Waals surface area (Å²) in [5, 5.41) is 2.84. The first-order valence-corrected chi connectivity index (χ1v) is 8.07. The minimum atomic E-state index is -0.174. The average molecular weight is 325 g/mol. The Morgan fingerprint density at radius 3 is 2.50 bits per heavy atom. The Morgan fingerprint density at radius 1 is 1.04 bits per heavy atom. The highest BCUT2D eigenvalue weighted by atomic mass is 16.5. The lowest BCUT2D eigenvalue weighted by Gasteiger charge is -2.11. The third-order valence-electron chi connectivity index (χ3n) is 3.28. The molecule has 4 nitrogen and oxygen atoms in total. The number of anilines is 1. The topological polar surface area (TPSA) is 47.6 Å². The molecule has 2 rings (SSSR count). The van der Waals surface area contributed by atoms with Crippen molar-refractivity contribution in [3.8, 4) is 11.5 Å². The van der Waals surface area contributed by atoms with E-state index in [1.54, 1.807) is 6.08 Å². The van der Waals surface area contributed by atoms with Crippen LogP contribution in [0.5, 0.6) is 11.5 Å². The Hall–Kier alpha value is -2.75. The Labute approximate surface area is 143 Å². The van der Waals surface area contributed by atoms with E-state index in [0.717, 1.165) is 16.8 Å². The third-order valence-corrected chi connectivity index (χ3v) is 3.28. The molecule has 2 aromatic carbocycles. The fraction of sp³-hybridized carbons (Fsp3) is 0.250. The molecule has 2 aromatic rings. The van der Waals surface area contributed by atoms with Crippen LogP contribution in [0.15, 0.2) is 48.5 Å². The maximum absolute atomic E-state index is 12.0. The highest BCUT2D eigenvalue weighted by Gasteiger charge is 2.05. The normalized spacial score (nSPS) is 10.6. The highest BCUT2D eigenvalue weighted by molar-refractivity contribution is 6.02. The van der Waals surface area contributed by atoms with Crippen LogP contribution in [0.25, 0.3) is 6.08 Å². The highest BCUT2D eigenvalue weighted by Crippen LogP contribution is 2.29. The van der Waals surface area contributed by atoms with Crippen LogP contribution in [-0.2, 0) is 4.79 Å². The molecule has 0 saturated heterocycles. The van der Waals surface area contributed by atoms with Crippen molar-refractivity contribution in [3.63, 3.8) is 0 Å². The van der Waals surface area contributed by atoms with E-state index in [2.05, 4.69) is 5.32 Å². The molecular formula is C20H23NO3. The summed E-state index contributed by atoms with van der Waals surface area (Å²) in [6.45, 7) is 6.97. The smallest absolute Gasteiger partial charge is 0.248 e. The van der Waals surface area contributed by atoms with E-state index in [-0.39, 0.29) is 5.91 Å². The lowest BCUT2D eigenvalue weighted by molar-refractivity contribution is -0.111. The van der Waals surface area contributed by atoms with Crippen LogP contribution in [0.1, 0.15) is 25.0 Å². The van der Waals surface area contributed by atoms with Crippen LogP contribution in [-0.4, -0.2) is 19.1 Å². The number of benzene rings is 2. The molecule has 1 N–H and O–H groups in total. The van der Waals surface area contributed by atoms with Crippen molar-refractivity contribution in [1.29, 1.82) is 0 Å². The number of nitrogens with one attached hydrogen (secondary N) is 1. The Morgan fingerprint density at radius 2 is 1.79 bits per heavy atom. The standard InChI is InChI=1S/C20H23NO3/c1-4-23-18-11-9-16(14-19(18)24-5-2)10-12-20(22)21-17-8-6-7-15(3)13-17/h6-14H,4-5H2,1-3H3,(H,21,22)/b12-10+. The molecule has 126 valence electrons. The first-order valence-electron chi connectivity index (χ1n) is 8.07. The van der Waals surface area contributed by atoms with E-state index in [4.69, 9.17) is 9.47 Å². The predicted octanol–water partition coefficient (Wildman–Crippen LogP) is 4.44. The molecule has 0 fully saturated rings. The zero-order valence-corrected chi connectivity index (χ0v) is 14.3. The maximum atomic E-state index is 12.0. The van der Waals surface area contributed by atoms with Crippen molar-refractivity contribution < 1.29 is 14.3 Å². The lowest BCUT2D eigenvalue weighted by atomic mass is 10.2. The van der Waals surface area contributed by atoms with Gasteiger partial charge in [-0.05, 0) is 62.2 Å². The van der Waals surface area contributed by atoms with E-state index in [0.29, 0.717) is 24.7 Å². The van der Waals surface area contributed by atoms with Gasteiger partial charge in [0.1, 0.15) is 0 Å². The number of rotatable bonds is 7. The number of carbonyl (C=O) groups is 1. The molecule has 0 spiro atoms. The second-order valence-electron chi connectivity index (χ2n) is 5.26. The minimum absolute atomic E-state index is 0.174. The van der Waals surface area contributed by atoms with Gasteiger partial charge in [0.2, 0.25) is 5.91 Å². The minimum Gasteiger partial charge on any atom is -0.490 e. The molecule has 1 amide bonds. The Kier molecular flexibility index (Phi) is 6.43. The van der Waals surface area contributed by atoms with Gasteiger partial charge >= 0.3 is 0 Å². The first-order chi connectivity index (χ1) is 11.6. The van der Waals surface area contributed by atoms with E-state index < -0.39 is 0 Å². The van der Waals surface area contributed by atoms with Crippen LogP contribution in [0.4, 0.5) is 5.69 Å². The van der Waals surface area contributed by atoms with Gasteiger partial charge in [-0.25, -0.2) is 0 Å². The summed E-state index contributed by atoms with van der Waals surface area (Å²) in [6, 6.07) is 13.3. The fourth-order valence-electron chi connectivity index (χ4n) is 2.25. The van der Waals surface area contributed by atoms with Crippen molar-refractivity contribution in [1.82, 2.24) is 0 Å². The van der Waals surface area contributed by atoms with E-state index in [9.17, 15) is 4.79 Å². The molecule has 0 aliphatic carbocycles. The summed E-state index contributed by atoms with van der Waals surface area (Å²) in [6.07, 6.45) is 3.26. The van der Waals surface area contributed by atoms with Crippen molar-refractivity contribution in [3.05, 3.63) is 59.7 Å². The zero-order chi connectivity index (χ0) is 17.4. The summed E-state index contributed by atoms with van der Waals surface area (Å²) in [7, 11) is 0. The number of hydrogen-bond acceptors (Lipinski definition) is 3. The van der Waals surface area contributed by atoms with Crippen LogP contribution < -0.4 is 14.8 Å². The summed E-state index contributed by atoms with van der Waals surface area (Å²) < 4.78 is 11.1. The molecule has 24 heavy (non-hydrogen) atoms. The maximum Gasteiger partial charge on any atom is 0.248 e. The van der Waals surface area contributed by atoms with Crippen molar-refractivity contribution in [2.24, 2.45) is 0 Å². The second-order valence-corrected chi connectivity index (χ2v) is 5.26. The van der Waals surface area contributed by atoms with Crippen molar-refractivity contribution in [2.45, 2.75) is 20.8 Å². The van der Waals surface area contributed by atoms with E-state index >= 15 is 0 Å². The van der Waals surface area contributed by atoms with Gasteiger partial charge < -0.3 is 14.8 Å². The molecule has 0 atom stereocenters. The number of amides is 1. The number of ether oxygens (including phenoxy) is 2. The van der Waals surface area contributed by atoms with Crippen LogP contribution in [0.2, 0.25) is 0 Å². The summed E-state index contributed by atoms with van der Waals surface area (Å²) in [5.74, 6) is 1.22. The summed E-state index contributed by atoms with van der Waals surface area (Å²) in [4.78, 5) is 12.0. The van der Waals surface area contributed by atoms with Crippen LogP contribution >= 0.6 is 0 Å². The van der Waals surface area contributed by atoms with Gasteiger partial charge in [0.15, 0.2) is 11.5 Å². The largest absolute Gasteiger partial charge is 0.490 e. The first kappa shape index (κ1) is 17.6. The van der Waals surface area contributed by atoms with E-state index in [1.165, 1.54) is 6.08 Å². The van der Waals surface area contributed by atoms with Crippen LogP contribution in [0.3, 0.4) is 0 Å². The SMILES string of the molecule is CCOc1ccc(/C=C/C(=O)Nc2cccc(C)c2)cc1OCC. The van der Waals surface area contributed by atoms with Gasteiger partial charge in [0, 0.05) is 11.8 Å². The number of aryl methyl sites for hydroxylation is 1.